The summed E-state index contributed by atoms with van der Waals surface area (Å²) < 4.78 is 0. The number of thiazole rings is 1. The summed E-state index contributed by atoms with van der Waals surface area (Å²) in [5.74, 6) is 0. The van der Waals surface area contributed by atoms with Gasteiger partial charge in [-0.1, -0.05) is 37.3 Å². The molecule has 3 rings (SSSR count). The summed E-state index contributed by atoms with van der Waals surface area (Å²) in [6.07, 6.45) is 1.23. The molecule has 106 valence electrons. The molecule has 4 heteroatoms. The Morgan fingerprint density at radius 1 is 1.10 bits per heavy atom. The average molecular weight is 287 g/mol. The molecule has 0 N–H and O–H groups in total. The summed E-state index contributed by atoms with van der Waals surface area (Å²) in [5.41, 5.74) is 2.31. The zero-order chi connectivity index (χ0) is 13.8. The van der Waals surface area contributed by atoms with Crippen molar-refractivity contribution in [2.75, 3.05) is 37.6 Å². The van der Waals surface area contributed by atoms with Crippen molar-refractivity contribution < 1.29 is 0 Å². The van der Waals surface area contributed by atoms with Crippen LogP contribution < -0.4 is 4.90 Å². The highest BCUT2D eigenvalue weighted by Gasteiger charge is 2.16. The minimum atomic E-state index is 1.09. The maximum Gasteiger partial charge on any atom is 0.185 e. The number of hydrogen-bond acceptors (Lipinski definition) is 4. The Balaban J connectivity index is 1.73. The maximum atomic E-state index is 4.82. The largest absolute Gasteiger partial charge is 0.347 e. The van der Waals surface area contributed by atoms with Crippen molar-refractivity contribution in [3.05, 3.63) is 35.7 Å². The summed E-state index contributed by atoms with van der Waals surface area (Å²) in [7, 11) is 0. The fraction of sp³-hybridized carbons (Fsp3) is 0.438. The first-order valence-corrected chi connectivity index (χ1v) is 8.23. The van der Waals surface area contributed by atoms with Crippen molar-refractivity contribution in [3.8, 4) is 11.3 Å². The Morgan fingerprint density at radius 2 is 1.95 bits per heavy atom. The predicted molar refractivity (Wildman–Crippen MR) is 86.5 cm³/mol. The summed E-state index contributed by atoms with van der Waals surface area (Å²) in [6.45, 7) is 7.97. The number of aromatic nitrogens is 1. The molecule has 20 heavy (non-hydrogen) atoms. The predicted octanol–water partition coefficient (Wildman–Crippen LogP) is 3.34. The summed E-state index contributed by atoms with van der Waals surface area (Å²) in [5, 5.41) is 3.34. The van der Waals surface area contributed by atoms with E-state index < -0.39 is 0 Å². The first-order valence-electron chi connectivity index (χ1n) is 7.35. The highest BCUT2D eigenvalue weighted by atomic mass is 32.1. The second-order valence-electron chi connectivity index (χ2n) is 5.16. The van der Waals surface area contributed by atoms with Gasteiger partial charge >= 0.3 is 0 Å². The third kappa shape index (κ3) is 3.02. The van der Waals surface area contributed by atoms with E-state index in [4.69, 9.17) is 4.98 Å². The Morgan fingerprint density at radius 3 is 2.75 bits per heavy atom. The third-order valence-corrected chi connectivity index (χ3v) is 4.77. The van der Waals surface area contributed by atoms with Crippen LogP contribution in [0.2, 0.25) is 0 Å². The van der Waals surface area contributed by atoms with Crippen LogP contribution in [0, 0.1) is 0 Å². The first-order chi connectivity index (χ1) is 9.86. The van der Waals surface area contributed by atoms with Crippen molar-refractivity contribution in [3.63, 3.8) is 0 Å². The number of likely N-dealkylation sites (N-methyl/N-ethyl adjacent to an activating group) is 1. The van der Waals surface area contributed by atoms with Crippen LogP contribution in [0.25, 0.3) is 11.3 Å². The molecular weight excluding hydrogens is 266 g/mol. The van der Waals surface area contributed by atoms with E-state index in [-0.39, 0.29) is 0 Å². The standard InChI is InChI=1S/C16H21N3S/c1-2-18-9-6-10-19(12-11-18)16-17-15(13-20-16)14-7-4-3-5-8-14/h3-5,7-8,13H,2,6,9-12H2,1H3. The van der Waals surface area contributed by atoms with Gasteiger partial charge in [0, 0.05) is 30.6 Å². The molecule has 1 saturated heterocycles. The summed E-state index contributed by atoms with van der Waals surface area (Å²) in [6, 6.07) is 10.4. The molecule has 0 saturated carbocycles. The average Bonchev–Trinajstić information content (AvgIpc) is 2.87. The maximum absolute atomic E-state index is 4.82. The quantitative estimate of drug-likeness (QED) is 0.863. The van der Waals surface area contributed by atoms with E-state index in [0.717, 1.165) is 31.9 Å². The van der Waals surface area contributed by atoms with Gasteiger partial charge in [-0.25, -0.2) is 4.98 Å². The van der Waals surface area contributed by atoms with Crippen molar-refractivity contribution in [1.29, 1.82) is 0 Å². The minimum absolute atomic E-state index is 1.09. The van der Waals surface area contributed by atoms with Gasteiger partial charge in [-0.2, -0.15) is 0 Å². The number of nitrogens with zero attached hydrogens (tertiary/aromatic N) is 3. The van der Waals surface area contributed by atoms with Gasteiger partial charge in [0.2, 0.25) is 0 Å². The molecule has 1 aromatic heterocycles. The van der Waals surface area contributed by atoms with E-state index in [1.807, 2.05) is 6.07 Å². The third-order valence-electron chi connectivity index (χ3n) is 3.87. The van der Waals surface area contributed by atoms with Gasteiger partial charge in [-0.05, 0) is 19.5 Å². The molecule has 3 nitrogen and oxygen atoms in total. The lowest BCUT2D eigenvalue weighted by Gasteiger charge is -2.20. The molecule has 0 bridgehead atoms. The van der Waals surface area contributed by atoms with Gasteiger partial charge in [-0.3, -0.25) is 0 Å². The van der Waals surface area contributed by atoms with E-state index in [1.165, 1.54) is 23.7 Å². The van der Waals surface area contributed by atoms with Crippen LogP contribution >= 0.6 is 11.3 Å². The molecule has 1 aliphatic rings. The zero-order valence-corrected chi connectivity index (χ0v) is 12.8. The molecule has 2 heterocycles. The van der Waals surface area contributed by atoms with Gasteiger partial charge in [0.05, 0.1) is 5.69 Å². The second-order valence-corrected chi connectivity index (χ2v) is 5.99. The number of rotatable bonds is 3. The molecule has 0 unspecified atom stereocenters. The Hall–Kier alpha value is -1.39. The first kappa shape index (κ1) is 13.6. The van der Waals surface area contributed by atoms with Crippen molar-refractivity contribution in [1.82, 2.24) is 9.88 Å². The molecule has 1 aromatic carbocycles. The highest BCUT2D eigenvalue weighted by Crippen LogP contribution is 2.27. The van der Waals surface area contributed by atoms with Gasteiger partial charge in [0.1, 0.15) is 0 Å². The van der Waals surface area contributed by atoms with Crippen LogP contribution in [0.5, 0.6) is 0 Å². The van der Waals surface area contributed by atoms with Gasteiger partial charge < -0.3 is 9.80 Å². The van der Waals surface area contributed by atoms with Crippen LogP contribution in [-0.4, -0.2) is 42.6 Å². The summed E-state index contributed by atoms with van der Waals surface area (Å²) >= 11 is 1.77. The number of benzene rings is 1. The van der Waals surface area contributed by atoms with Crippen LogP contribution in [0.3, 0.4) is 0 Å². The highest BCUT2D eigenvalue weighted by molar-refractivity contribution is 7.14. The molecule has 1 fully saturated rings. The number of hydrogen-bond donors (Lipinski definition) is 0. The van der Waals surface area contributed by atoms with E-state index in [9.17, 15) is 0 Å². The van der Waals surface area contributed by atoms with Crippen molar-refractivity contribution in [2.45, 2.75) is 13.3 Å². The Bertz CT molecular complexity index is 538. The molecule has 2 aromatic rings. The lowest BCUT2D eigenvalue weighted by atomic mass is 10.2. The van der Waals surface area contributed by atoms with E-state index in [2.05, 4.69) is 46.4 Å². The van der Waals surface area contributed by atoms with Crippen LogP contribution in [-0.2, 0) is 0 Å². The molecule has 0 aliphatic carbocycles. The fourth-order valence-electron chi connectivity index (χ4n) is 2.63. The van der Waals surface area contributed by atoms with Gasteiger partial charge in [0.25, 0.3) is 0 Å². The lowest BCUT2D eigenvalue weighted by Crippen LogP contribution is -2.30. The van der Waals surface area contributed by atoms with Crippen LogP contribution in [0.1, 0.15) is 13.3 Å². The van der Waals surface area contributed by atoms with Crippen molar-refractivity contribution >= 4 is 16.5 Å². The molecule has 0 radical (unpaired) electrons. The van der Waals surface area contributed by atoms with E-state index in [1.54, 1.807) is 11.3 Å². The zero-order valence-electron chi connectivity index (χ0n) is 12.0. The van der Waals surface area contributed by atoms with E-state index >= 15 is 0 Å². The topological polar surface area (TPSA) is 19.4 Å². The van der Waals surface area contributed by atoms with Crippen molar-refractivity contribution in [2.24, 2.45) is 0 Å². The lowest BCUT2D eigenvalue weighted by molar-refractivity contribution is 0.310. The van der Waals surface area contributed by atoms with Crippen LogP contribution in [0.4, 0.5) is 5.13 Å². The SMILES string of the molecule is CCN1CCCN(c2nc(-c3ccccc3)cs2)CC1. The molecule has 0 spiro atoms. The Labute approximate surface area is 124 Å². The second kappa shape index (κ2) is 6.37. The normalized spacial score (nSPS) is 17.1. The van der Waals surface area contributed by atoms with E-state index in [0.29, 0.717) is 0 Å². The van der Waals surface area contributed by atoms with Gasteiger partial charge in [-0.15, -0.1) is 11.3 Å². The Kier molecular flexibility index (Phi) is 4.33. The monoisotopic (exact) mass is 287 g/mol. The molecule has 1 aliphatic heterocycles. The van der Waals surface area contributed by atoms with Crippen LogP contribution in [0.15, 0.2) is 35.7 Å². The molecular formula is C16H21N3S. The molecule has 0 atom stereocenters. The minimum Gasteiger partial charge on any atom is -0.347 e. The fourth-order valence-corrected chi connectivity index (χ4v) is 3.52. The summed E-state index contributed by atoms with van der Waals surface area (Å²) in [4.78, 5) is 9.78. The number of anilines is 1. The van der Waals surface area contributed by atoms with Gasteiger partial charge in [0.15, 0.2) is 5.13 Å². The molecule has 0 amide bonds. The smallest absolute Gasteiger partial charge is 0.185 e.